The van der Waals surface area contributed by atoms with Crippen LogP contribution >= 0.6 is 15.9 Å². The van der Waals surface area contributed by atoms with Crippen LogP contribution in [0.1, 0.15) is 53.7 Å². The van der Waals surface area contributed by atoms with Gasteiger partial charge in [-0.25, -0.2) is 0 Å². The van der Waals surface area contributed by atoms with Gasteiger partial charge < -0.3 is 0 Å². The van der Waals surface area contributed by atoms with Crippen LogP contribution in [0.4, 0.5) is 0 Å². The summed E-state index contributed by atoms with van der Waals surface area (Å²) in [5.41, 5.74) is -1.65. The fourth-order valence-corrected chi connectivity index (χ4v) is 1.03. The van der Waals surface area contributed by atoms with E-state index in [1.165, 1.54) is 0 Å². The summed E-state index contributed by atoms with van der Waals surface area (Å²) in [6.07, 6.45) is -2.52. The molecule has 2 heteroatoms. The number of halogens is 1. The van der Waals surface area contributed by atoms with Crippen molar-refractivity contribution in [3.05, 3.63) is 28.0 Å². The van der Waals surface area contributed by atoms with Crippen LogP contribution in [0.2, 0.25) is 0 Å². The highest BCUT2D eigenvalue weighted by Gasteiger charge is 2.07. The Bertz CT molecular complexity index is 616. The molecule has 1 aromatic heterocycles. The first-order valence-corrected chi connectivity index (χ1v) is 3.83. The predicted octanol–water partition coefficient (Wildman–Crippen LogP) is 3.67. The third-order valence-corrected chi connectivity index (χ3v) is 1.68. The lowest BCUT2D eigenvalue weighted by molar-refractivity contribution is 0.721. The molecule has 1 unspecified atom stereocenters. The summed E-state index contributed by atoms with van der Waals surface area (Å²) < 4.78 is 91.0. The van der Waals surface area contributed by atoms with E-state index < -0.39 is 44.1 Å². The molecule has 0 aromatic carbocycles. The second-order valence-electron chi connectivity index (χ2n) is 2.05. The van der Waals surface area contributed by atoms with Crippen LogP contribution in [0.3, 0.4) is 0 Å². The number of nitrogens with zero attached hydrogens (tertiary/aromatic N) is 1. The number of hydrogen-bond acceptors (Lipinski definition) is 1. The van der Waals surface area contributed by atoms with Crippen molar-refractivity contribution in [2.24, 2.45) is 0 Å². The van der Waals surface area contributed by atoms with Gasteiger partial charge in [0.15, 0.2) is 0 Å². The minimum Gasteiger partial charge on any atom is -0.260 e. The summed E-state index contributed by atoms with van der Waals surface area (Å²) in [7, 11) is 0. The first kappa shape index (κ1) is 2.35. The highest BCUT2D eigenvalue weighted by Crippen LogP contribution is 2.23. The molecule has 0 N–H and O–H groups in total. The van der Waals surface area contributed by atoms with Gasteiger partial charge in [-0.1, -0.05) is 13.7 Å². The zero-order chi connectivity index (χ0) is 19.4. The lowest BCUT2D eigenvalue weighted by atomic mass is 9.98. The van der Waals surface area contributed by atoms with Crippen LogP contribution in [0.15, 0.2) is 16.7 Å². The molecular formula is C10H14BrN. The van der Waals surface area contributed by atoms with Gasteiger partial charge in [-0.15, -0.1) is 0 Å². The standard InChI is InChI=1S/C10H14BrN/c1-4-7(2)10-5-9(11)6-12-8(10)3/h5-7H,4H2,1-3H3/i1D3,2D3,3D3,4D2,7D. The zero-order valence-electron chi connectivity index (χ0n) is 18.0. The fraction of sp³-hybridized carbons (Fsp3) is 0.500. The number of aromatic nitrogens is 1. The van der Waals surface area contributed by atoms with E-state index in [0.717, 1.165) is 12.3 Å². The van der Waals surface area contributed by atoms with Crippen LogP contribution in [0, 0.1) is 6.85 Å². The lowest BCUT2D eigenvalue weighted by Gasteiger charge is -2.11. The van der Waals surface area contributed by atoms with Crippen LogP contribution < -0.4 is 0 Å². The molecule has 0 aliphatic carbocycles. The van der Waals surface area contributed by atoms with Gasteiger partial charge in [0.05, 0.1) is 0 Å². The summed E-state index contributed by atoms with van der Waals surface area (Å²) in [6.45, 7) is -9.93. The van der Waals surface area contributed by atoms with Crippen molar-refractivity contribution in [3.63, 3.8) is 0 Å². The number of pyridine rings is 1. The van der Waals surface area contributed by atoms with Gasteiger partial charge in [0, 0.05) is 32.8 Å². The average Bonchev–Trinajstić information content (AvgIpc) is 2.33. The molecule has 0 bridgehead atoms. The molecule has 1 atom stereocenters. The molecule has 1 aromatic rings. The maximum Gasteiger partial charge on any atom is 0.0413 e. The molecule has 0 radical (unpaired) electrons. The molecule has 1 nitrogen and oxygen atoms in total. The third kappa shape index (κ3) is 2.07. The minimum atomic E-state index is -3.58. The smallest absolute Gasteiger partial charge is 0.0413 e. The van der Waals surface area contributed by atoms with Crippen molar-refractivity contribution in [1.82, 2.24) is 4.98 Å². The molecule has 0 fully saturated rings. The van der Waals surface area contributed by atoms with Crippen LogP contribution in [-0.4, -0.2) is 4.98 Å². The first-order valence-electron chi connectivity index (χ1n) is 9.04. The number of aryl methyl sites for hydroxylation is 1. The van der Waals surface area contributed by atoms with Gasteiger partial charge in [-0.05, 0) is 46.7 Å². The maximum atomic E-state index is 8.28. The molecule has 1 heterocycles. The fourth-order valence-electron chi connectivity index (χ4n) is 0.697. The van der Waals surface area contributed by atoms with Crippen molar-refractivity contribution in [3.8, 4) is 0 Å². The first-order chi connectivity index (χ1) is 10.4. The molecule has 12 heavy (non-hydrogen) atoms. The second-order valence-corrected chi connectivity index (χ2v) is 2.97. The van der Waals surface area contributed by atoms with Gasteiger partial charge in [0.25, 0.3) is 0 Å². The second kappa shape index (κ2) is 4.04. The summed E-state index contributed by atoms with van der Waals surface area (Å²) >= 11 is 2.96. The van der Waals surface area contributed by atoms with E-state index in [2.05, 4.69) is 20.9 Å². The van der Waals surface area contributed by atoms with E-state index in [-0.39, 0.29) is 4.47 Å². The summed E-state index contributed by atoms with van der Waals surface area (Å²) in [5, 5.41) is 0. The quantitative estimate of drug-likeness (QED) is 0.768. The Morgan fingerprint density at radius 3 is 3.50 bits per heavy atom. The largest absolute Gasteiger partial charge is 0.260 e. The van der Waals surface area contributed by atoms with Crippen LogP contribution in [0.5, 0.6) is 0 Å². The Kier molecular flexibility index (Phi) is 0.791. The van der Waals surface area contributed by atoms with Crippen LogP contribution in [-0.2, 0) is 0 Å². The van der Waals surface area contributed by atoms with Gasteiger partial charge in [0.2, 0.25) is 0 Å². The monoisotopic (exact) mass is 239 g/mol. The zero-order valence-corrected chi connectivity index (χ0v) is 7.57. The molecule has 0 amide bonds. The maximum absolute atomic E-state index is 8.28. The van der Waals surface area contributed by atoms with E-state index in [9.17, 15) is 0 Å². The highest BCUT2D eigenvalue weighted by molar-refractivity contribution is 9.10. The van der Waals surface area contributed by atoms with Crippen molar-refractivity contribution in [2.45, 2.75) is 32.8 Å². The summed E-state index contributed by atoms with van der Waals surface area (Å²) in [6, 6.07) is 0.914. The minimum absolute atomic E-state index is 0.0905. The molecular weight excluding hydrogens is 214 g/mol. The van der Waals surface area contributed by atoms with Crippen molar-refractivity contribution in [1.29, 1.82) is 0 Å². The third-order valence-electron chi connectivity index (χ3n) is 1.25. The topological polar surface area (TPSA) is 12.9 Å². The van der Waals surface area contributed by atoms with Crippen molar-refractivity contribution < 1.29 is 16.4 Å². The van der Waals surface area contributed by atoms with Crippen molar-refractivity contribution >= 4 is 15.9 Å². The molecule has 1 rings (SSSR count). The average molecular weight is 240 g/mol. The predicted molar refractivity (Wildman–Crippen MR) is 55.4 cm³/mol. The number of hydrogen-bond donors (Lipinski definition) is 0. The molecule has 0 spiro atoms. The highest BCUT2D eigenvalue weighted by atomic mass is 79.9. The Labute approximate surface area is 99.2 Å². The van der Waals surface area contributed by atoms with Gasteiger partial charge in [-0.2, -0.15) is 0 Å². The van der Waals surface area contributed by atoms with E-state index in [1.807, 2.05) is 0 Å². The number of rotatable bonds is 2. The van der Waals surface area contributed by atoms with Gasteiger partial charge >= 0.3 is 0 Å². The Morgan fingerprint density at radius 2 is 2.83 bits per heavy atom. The Balaban J connectivity index is 3.96. The Morgan fingerprint density at radius 1 is 1.92 bits per heavy atom. The summed E-state index contributed by atoms with van der Waals surface area (Å²) in [4.78, 5) is 3.59. The van der Waals surface area contributed by atoms with E-state index in [1.54, 1.807) is 0 Å². The van der Waals surface area contributed by atoms with Crippen molar-refractivity contribution in [2.75, 3.05) is 0 Å². The Hall–Kier alpha value is -0.370. The van der Waals surface area contributed by atoms with E-state index >= 15 is 0 Å². The lowest BCUT2D eigenvalue weighted by Crippen LogP contribution is -1.97. The SMILES string of the molecule is [2H]C([2H])([2H])c1ncc(Br)cc1C([2H])(C([2H])([2H])[2H])C([2H])([2H])C([2H])([2H])[2H]. The molecule has 0 saturated carbocycles. The summed E-state index contributed by atoms with van der Waals surface area (Å²) in [5.74, 6) is -3.38. The normalized spacial score (nSPS) is 34.8. The van der Waals surface area contributed by atoms with Gasteiger partial charge in [-0.3, -0.25) is 4.98 Å². The molecule has 0 aliphatic heterocycles. The molecule has 66 valence electrons. The van der Waals surface area contributed by atoms with Crippen LogP contribution in [0.25, 0.3) is 0 Å². The van der Waals surface area contributed by atoms with E-state index in [0.29, 0.717) is 0 Å². The molecule has 0 aliphatic rings. The molecule has 0 saturated heterocycles. The van der Waals surface area contributed by atoms with E-state index in [4.69, 9.17) is 16.4 Å². The van der Waals surface area contributed by atoms with Gasteiger partial charge in [0.1, 0.15) is 0 Å².